The molecule has 34 heavy (non-hydrogen) atoms. The lowest BCUT2D eigenvalue weighted by Gasteiger charge is -2.08. The fraction of sp³-hybridized carbons (Fsp3) is 0.200. The Hall–Kier alpha value is -4.16. The molecule has 1 amide bonds. The van der Waals surface area contributed by atoms with E-state index in [4.69, 9.17) is 10.5 Å². The second-order valence-corrected chi connectivity index (χ2v) is 8.66. The molecule has 0 saturated heterocycles. The minimum atomic E-state index is -0.190. The molecule has 0 fully saturated rings. The molecule has 0 radical (unpaired) electrons. The molecule has 0 unspecified atom stereocenters. The van der Waals surface area contributed by atoms with Gasteiger partial charge in [0.25, 0.3) is 5.91 Å². The Morgan fingerprint density at radius 1 is 1.24 bits per heavy atom. The third-order valence-electron chi connectivity index (χ3n) is 5.13. The van der Waals surface area contributed by atoms with E-state index in [9.17, 15) is 10.1 Å². The summed E-state index contributed by atoms with van der Waals surface area (Å²) in [7, 11) is 0. The van der Waals surface area contributed by atoms with Crippen LogP contribution in [0.3, 0.4) is 0 Å². The second-order valence-electron chi connectivity index (χ2n) is 7.60. The molecule has 2 heterocycles. The first-order chi connectivity index (χ1) is 16.5. The minimum Gasteiger partial charge on any atom is -0.487 e. The van der Waals surface area contributed by atoms with E-state index in [0.29, 0.717) is 54.4 Å². The number of amides is 1. The largest absolute Gasteiger partial charge is 0.487 e. The quantitative estimate of drug-likeness (QED) is 0.355. The van der Waals surface area contributed by atoms with Crippen molar-refractivity contribution < 1.29 is 9.53 Å². The van der Waals surface area contributed by atoms with Crippen molar-refractivity contribution >= 4 is 23.1 Å². The number of carbonyl (C=O) groups excluding carboxylic acids is 1. The van der Waals surface area contributed by atoms with Crippen molar-refractivity contribution in [3.05, 3.63) is 87.5 Å². The van der Waals surface area contributed by atoms with Crippen LogP contribution in [0.4, 0.5) is 5.82 Å². The summed E-state index contributed by atoms with van der Waals surface area (Å²) in [5.74, 6) is 0.737. The summed E-state index contributed by atoms with van der Waals surface area (Å²) in [6, 6.07) is 18.6. The third-order valence-corrected chi connectivity index (χ3v) is 5.95. The van der Waals surface area contributed by atoms with Crippen LogP contribution < -0.4 is 15.8 Å². The number of nitriles is 1. The highest BCUT2D eigenvalue weighted by molar-refractivity contribution is 7.09. The van der Waals surface area contributed by atoms with Gasteiger partial charge in [-0.25, -0.2) is 9.67 Å². The number of nitrogens with zero attached hydrogens (tertiary/aromatic N) is 4. The fourth-order valence-corrected chi connectivity index (χ4v) is 4.06. The number of anilines is 1. The minimum absolute atomic E-state index is 0.190. The van der Waals surface area contributed by atoms with Gasteiger partial charge in [0.05, 0.1) is 22.1 Å². The number of thiazole rings is 1. The van der Waals surface area contributed by atoms with E-state index in [1.165, 1.54) is 0 Å². The van der Waals surface area contributed by atoms with Crippen LogP contribution >= 0.6 is 11.3 Å². The summed E-state index contributed by atoms with van der Waals surface area (Å²) < 4.78 is 7.34. The molecule has 0 atom stereocenters. The van der Waals surface area contributed by atoms with Crippen molar-refractivity contribution in [1.82, 2.24) is 20.1 Å². The highest BCUT2D eigenvalue weighted by Gasteiger charge is 2.16. The number of nitrogen functional groups attached to an aromatic ring is 1. The molecule has 0 bridgehead atoms. The van der Waals surface area contributed by atoms with E-state index >= 15 is 0 Å². The van der Waals surface area contributed by atoms with Gasteiger partial charge in [0.1, 0.15) is 29.8 Å². The highest BCUT2D eigenvalue weighted by atomic mass is 32.1. The monoisotopic (exact) mass is 472 g/mol. The first kappa shape index (κ1) is 23.0. The van der Waals surface area contributed by atoms with E-state index in [-0.39, 0.29) is 5.91 Å². The molecular formula is C25H24N6O2S. The normalized spacial score (nSPS) is 10.6. The van der Waals surface area contributed by atoms with Gasteiger partial charge in [0.15, 0.2) is 0 Å². The summed E-state index contributed by atoms with van der Waals surface area (Å²) in [5.41, 5.74) is 9.31. The lowest BCUT2D eigenvalue weighted by atomic mass is 10.1. The molecule has 9 heteroatoms. The number of hydrogen-bond donors (Lipinski definition) is 2. The molecule has 3 N–H and O–H groups in total. The van der Waals surface area contributed by atoms with Crippen molar-refractivity contribution in [3.63, 3.8) is 0 Å². The standard InChI is InChI=1S/C25H24N6O2S/c1-17-29-19(16-34-17)15-33-21-10-5-7-18(13-21)25(32)28-12-6-11-23-22(14-26)24(27)31(30-23)20-8-3-2-4-9-20/h2-5,7-10,13,16H,6,11-12,15,27H2,1H3,(H,28,32). The van der Waals surface area contributed by atoms with Crippen LogP contribution in [0.2, 0.25) is 0 Å². The number of hydrogen-bond acceptors (Lipinski definition) is 7. The van der Waals surface area contributed by atoms with Gasteiger partial charge in [0.2, 0.25) is 0 Å². The molecule has 0 aliphatic rings. The zero-order valence-corrected chi connectivity index (χ0v) is 19.5. The molecule has 0 spiro atoms. The summed E-state index contributed by atoms with van der Waals surface area (Å²) in [5, 5.41) is 19.9. The van der Waals surface area contributed by atoms with Crippen LogP contribution in [0, 0.1) is 18.3 Å². The Labute approximate surface area is 201 Å². The zero-order chi connectivity index (χ0) is 23.9. The van der Waals surface area contributed by atoms with Gasteiger partial charge in [-0.05, 0) is 50.1 Å². The van der Waals surface area contributed by atoms with Crippen molar-refractivity contribution in [2.45, 2.75) is 26.4 Å². The van der Waals surface area contributed by atoms with Crippen LogP contribution in [0.25, 0.3) is 5.69 Å². The number of carbonyl (C=O) groups is 1. The van der Waals surface area contributed by atoms with E-state index in [2.05, 4.69) is 21.5 Å². The molecule has 172 valence electrons. The maximum absolute atomic E-state index is 12.6. The number of para-hydroxylation sites is 1. The Morgan fingerprint density at radius 3 is 2.79 bits per heavy atom. The predicted octanol–water partition coefficient (Wildman–Crippen LogP) is 4.03. The average Bonchev–Trinajstić information content (AvgIpc) is 3.43. The lowest BCUT2D eigenvalue weighted by Crippen LogP contribution is -2.24. The summed E-state index contributed by atoms with van der Waals surface area (Å²) in [6.07, 6.45) is 1.13. The van der Waals surface area contributed by atoms with Crippen LogP contribution in [0.5, 0.6) is 5.75 Å². The van der Waals surface area contributed by atoms with Gasteiger partial charge in [-0.3, -0.25) is 4.79 Å². The van der Waals surface area contributed by atoms with Gasteiger partial charge in [-0.2, -0.15) is 10.4 Å². The molecule has 4 rings (SSSR count). The second kappa shape index (κ2) is 10.6. The first-order valence-corrected chi connectivity index (χ1v) is 11.7. The lowest BCUT2D eigenvalue weighted by molar-refractivity contribution is 0.0952. The molecule has 0 saturated carbocycles. The predicted molar refractivity (Wildman–Crippen MR) is 131 cm³/mol. The van der Waals surface area contributed by atoms with E-state index in [1.54, 1.807) is 34.2 Å². The smallest absolute Gasteiger partial charge is 0.251 e. The summed E-state index contributed by atoms with van der Waals surface area (Å²) in [6.45, 7) is 2.74. The molecule has 2 aromatic carbocycles. The highest BCUT2D eigenvalue weighted by Crippen LogP contribution is 2.21. The number of benzene rings is 2. The van der Waals surface area contributed by atoms with E-state index in [1.807, 2.05) is 48.7 Å². The number of nitrogens with two attached hydrogens (primary N) is 1. The molecular weight excluding hydrogens is 448 g/mol. The van der Waals surface area contributed by atoms with Crippen LogP contribution in [0.1, 0.15) is 38.7 Å². The topological polar surface area (TPSA) is 119 Å². The number of nitrogens with one attached hydrogen (secondary N) is 1. The summed E-state index contributed by atoms with van der Waals surface area (Å²) >= 11 is 1.57. The van der Waals surface area contributed by atoms with Crippen molar-refractivity contribution in [3.8, 4) is 17.5 Å². The fourth-order valence-electron chi connectivity index (χ4n) is 3.46. The maximum Gasteiger partial charge on any atom is 0.251 e. The molecule has 0 aliphatic carbocycles. The van der Waals surface area contributed by atoms with E-state index < -0.39 is 0 Å². The van der Waals surface area contributed by atoms with Gasteiger partial charge < -0.3 is 15.8 Å². The average molecular weight is 473 g/mol. The summed E-state index contributed by atoms with van der Waals surface area (Å²) in [4.78, 5) is 17.0. The first-order valence-electron chi connectivity index (χ1n) is 10.8. The van der Waals surface area contributed by atoms with Crippen molar-refractivity contribution in [2.75, 3.05) is 12.3 Å². The zero-order valence-electron chi connectivity index (χ0n) is 18.7. The SMILES string of the molecule is Cc1nc(COc2cccc(C(=O)NCCCc3nn(-c4ccccc4)c(N)c3C#N)c2)cs1. The third kappa shape index (κ3) is 5.42. The van der Waals surface area contributed by atoms with Crippen molar-refractivity contribution in [2.24, 2.45) is 0 Å². The Kier molecular flexibility index (Phi) is 7.20. The van der Waals surface area contributed by atoms with Crippen LogP contribution in [-0.2, 0) is 13.0 Å². The Bertz CT molecular complexity index is 1320. The number of rotatable bonds is 9. The number of aromatic nitrogens is 3. The van der Waals surface area contributed by atoms with E-state index in [0.717, 1.165) is 16.4 Å². The molecule has 4 aromatic rings. The Balaban J connectivity index is 1.31. The van der Waals surface area contributed by atoms with Crippen LogP contribution in [0.15, 0.2) is 60.0 Å². The van der Waals surface area contributed by atoms with Gasteiger partial charge in [0, 0.05) is 17.5 Å². The van der Waals surface area contributed by atoms with Gasteiger partial charge in [-0.1, -0.05) is 24.3 Å². The Morgan fingerprint density at radius 2 is 2.06 bits per heavy atom. The molecule has 0 aliphatic heterocycles. The van der Waals surface area contributed by atoms with Crippen molar-refractivity contribution in [1.29, 1.82) is 5.26 Å². The van der Waals surface area contributed by atoms with Gasteiger partial charge in [-0.15, -0.1) is 11.3 Å². The molecule has 2 aromatic heterocycles. The maximum atomic E-state index is 12.6. The molecule has 8 nitrogen and oxygen atoms in total. The van der Waals surface area contributed by atoms with Gasteiger partial charge >= 0.3 is 0 Å². The number of aryl methyl sites for hydroxylation is 2. The van der Waals surface area contributed by atoms with Crippen LogP contribution in [-0.4, -0.2) is 27.2 Å². The number of ether oxygens (including phenoxy) is 1.